The lowest BCUT2D eigenvalue weighted by atomic mass is 10.0. The minimum atomic E-state index is -4.43. The summed E-state index contributed by atoms with van der Waals surface area (Å²) in [4.78, 5) is 23.3. The second-order valence-electron chi connectivity index (χ2n) is 19.0. The van der Waals surface area contributed by atoms with Crippen molar-refractivity contribution in [1.29, 1.82) is 0 Å². The van der Waals surface area contributed by atoms with Crippen LogP contribution in [0.15, 0.2) is 72.9 Å². The molecule has 0 heterocycles. The summed E-state index contributed by atoms with van der Waals surface area (Å²) < 4.78 is 23.5. The number of carbonyl (C=O) groups excluding carboxylic acids is 1. The number of nitrogens with zero attached hydrogens (tertiary/aromatic N) is 1. The lowest BCUT2D eigenvalue weighted by Crippen LogP contribution is -2.51. The lowest BCUT2D eigenvalue weighted by molar-refractivity contribution is -0.870. The van der Waals surface area contributed by atoms with Gasteiger partial charge in [-0.3, -0.25) is 13.8 Å². The summed E-state index contributed by atoms with van der Waals surface area (Å²) in [5.41, 5.74) is 0. The standard InChI is InChI=1S/C55H101N2O7P/c1-6-8-10-12-14-16-18-20-21-22-23-24-25-26-27-28-29-30-31-32-33-34-35-36-38-40-42-44-46-48-54(59)56-52(51-64-65(61,62)63-50-49-57(3,4)5)55(60)53(58)47-45-43-41-39-37-19-17-15-13-11-9-7-2/h7,9,15,17-18,20,22-23,25-26,39,41,52-53,55,58,60H,6,8,10-14,16,19,21,24,27-38,40,42-51H2,1-5H3,(H-,56,59,61,62)/p+1/b9-7+,17-15+,20-18-,23-22-,26-25-,41-39+. The van der Waals surface area contributed by atoms with Crippen LogP contribution >= 0.6 is 7.82 Å². The van der Waals surface area contributed by atoms with Crippen molar-refractivity contribution in [2.75, 3.05) is 40.9 Å². The molecule has 9 nitrogen and oxygen atoms in total. The number of allylic oxidation sites excluding steroid dienone is 12. The molecule has 0 aromatic rings. The topological polar surface area (TPSA) is 125 Å². The Morgan fingerprint density at radius 1 is 0.569 bits per heavy atom. The first kappa shape index (κ1) is 62.9. The number of amides is 1. The Hall–Kier alpha value is -2.10. The van der Waals surface area contributed by atoms with Crippen molar-refractivity contribution in [2.24, 2.45) is 0 Å². The summed E-state index contributed by atoms with van der Waals surface area (Å²) in [6.45, 7) is 4.34. The summed E-state index contributed by atoms with van der Waals surface area (Å²) in [5, 5.41) is 24.7. The zero-order valence-electron chi connectivity index (χ0n) is 42.6. The molecule has 65 heavy (non-hydrogen) atoms. The number of nitrogens with one attached hydrogen (secondary N) is 1. The van der Waals surface area contributed by atoms with Gasteiger partial charge in [-0.15, -0.1) is 0 Å². The average molecular weight is 934 g/mol. The molecule has 0 aromatic heterocycles. The third-order valence-corrected chi connectivity index (χ3v) is 12.6. The van der Waals surface area contributed by atoms with Crippen molar-refractivity contribution < 1.29 is 38.0 Å². The normalized spacial score (nSPS) is 15.1. The molecular weight excluding hydrogens is 832 g/mol. The van der Waals surface area contributed by atoms with Crippen molar-refractivity contribution in [2.45, 2.75) is 231 Å². The van der Waals surface area contributed by atoms with Crippen molar-refractivity contribution in [3.8, 4) is 0 Å². The van der Waals surface area contributed by atoms with E-state index in [4.69, 9.17) is 9.05 Å². The van der Waals surface area contributed by atoms with Crippen LogP contribution in [-0.4, -0.2) is 84.6 Å². The number of unbranched alkanes of at least 4 members (excludes halogenated alkanes) is 22. The van der Waals surface area contributed by atoms with E-state index in [0.29, 0.717) is 30.3 Å². The summed E-state index contributed by atoms with van der Waals surface area (Å²) in [7, 11) is 1.40. The van der Waals surface area contributed by atoms with E-state index in [0.717, 1.165) is 64.2 Å². The second-order valence-corrected chi connectivity index (χ2v) is 20.5. The zero-order valence-corrected chi connectivity index (χ0v) is 43.5. The Morgan fingerprint density at radius 2 is 0.985 bits per heavy atom. The van der Waals surface area contributed by atoms with E-state index in [9.17, 15) is 24.5 Å². The smallest absolute Gasteiger partial charge is 0.390 e. The van der Waals surface area contributed by atoms with Gasteiger partial charge in [-0.25, -0.2) is 4.57 Å². The minimum absolute atomic E-state index is 0.00962. The van der Waals surface area contributed by atoms with Crippen LogP contribution in [0.3, 0.4) is 0 Å². The molecule has 1 amide bonds. The molecule has 378 valence electrons. The van der Waals surface area contributed by atoms with Crippen LogP contribution in [0.25, 0.3) is 0 Å². The number of likely N-dealkylation sites (N-methyl/N-ethyl adjacent to an activating group) is 1. The van der Waals surface area contributed by atoms with Gasteiger partial charge in [0.05, 0.1) is 39.9 Å². The van der Waals surface area contributed by atoms with Gasteiger partial charge in [0.2, 0.25) is 5.91 Å². The number of hydrogen-bond donors (Lipinski definition) is 4. The van der Waals surface area contributed by atoms with Crippen LogP contribution in [0.4, 0.5) is 0 Å². The van der Waals surface area contributed by atoms with Gasteiger partial charge in [-0.2, -0.15) is 0 Å². The van der Waals surface area contributed by atoms with Gasteiger partial charge in [0.15, 0.2) is 0 Å². The highest BCUT2D eigenvalue weighted by atomic mass is 31.2. The van der Waals surface area contributed by atoms with Gasteiger partial charge < -0.3 is 24.9 Å². The van der Waals surface area contributed by atoms with Crippen LogP contribution in [0.2, 0.25) is 0 Å². The summed E-state index contributed by atoms with van der Waals surface area (Å²) in [6.07, 6.45) is 58.6. The third kappa shape index (κ3) is 46.8. The molecule has 0 radical (unpaired) electrons. The van der Waals surface area contributed by atoms with E-state index in [-0.39, 0.29) is 18.9 Å². The highest BCUT2D eigenvalue weighted by Crippen LogP contribution is 2.43. The predicted octanol–water partition coefficient (Wildman–Crippen LogP) is 14.5. The van der Waals surface area contributed by atoms with Crippen LogP contribution in [0.1, 0.15) is 213 Å². The Kier molecular flexibility index (Phi) is 44.2. The quantitative estimate of drug-likeness (QED) is 0.0207. The predicted molar refractivity (Wildman–Crippen MR) is 278 cm³/mol. The fourth-order valence-corrected chi connectivity index (χ4v) is 8.10. The Labute approximate surface area is 400 Å². The maximum atomic E-state index is 13.0. The molecule has 0 bridgehead atoms. The van der Waals surface area contributed by atoms with E-state index in [1.165, 1.54) is 109 Å². The Bertz CT molecular complexity index is 1300. The molecule has 0 fully saturated rings. The van der Waals surface area contributed by atoms with Crippen LogP contribution in [0.5, 0.6) is 0 Å². The first-order chi connectivity index (χ1) is 31.4. The van der Waals surface area contributed by atoms with E-state index >= 15 is 0 Å². The molecule has 4 unspecified atom stereocenters. The fourth-order valence-electron chi connectivity index (χ4n) is 7.37. The van der Waals surface area contributed by atoms with Gasteiger partial charge >= 0.3 is 7.82 Å². The molecule has 0 rings (SSSR count). The van der Waals surface area contributed by atoms with Gasteiger partial charge in [-0.05, 0) is 96.8 Å². The van der Waals surface area contributed by atoms with Crippen LogP contribution < -0.4 is 5.32 Å². The van der Waals surface area contributed by atoms with Gasteiger partial charge in [0.1, 0.15) is 19.3 Å². The molecule has 0 aromatic carbocycles. The number of quaternary nitrogens is 1. The van der Waals surface area contributed by atoms with E-state index < -0.39 is 32.7 Å². The lowest BCUT2D eigenvalue weighted by Gasteiger charge is -2.28. The van der Waals surface area contributed by atoms with Gasteiger partial charge in [0, 0.05) is 6.42 Å². The zero-order chi connectivity index (χ0) is 48.0. The SMILES string of the molecule is C/C=C/CC/C=C/CC/C=C/CCCC(O)C(O)C(COP(=O)(O)OCC[N+](C)(C)C)NC(=O)CCCCCCCCCCCCCCCC/C=C\C/C=C\C/C=C\CCCCCCC. The third-order valence-electron chi connectivity index (χ3n) is 11.6. The first-order valence-corrected chi connectivity index (χ1v) is 27.8. The number of aliphatic hydroxyl groups excluding tert-OH is 2. The highest BCUT2D eigenvalue weighted by molar-refractivity contribution is 7.47. The largest absolute Gasteiger partial charge is 0.472 e. The molecule has 4 atom stereocenters. The van der Waals surface area contributed by atoms with Crippen molar-refractivity contribution in [3.63, 3.8) is 0 Å². The number of phosphoric ester groups is 1. The first-order valence-electron chi connectivity index (χ1n) is 26.4. The Morgan fingerprint density at radius 3 is 1.48 bits per heavy atom. The molecule has 0 saturated heterocycles. The van der Waals surface area contributed by atoms with E-state index in [2.05, 4.69) is 85.2 Å². The van der Waals surface area contributed by atoms with Crippen molar-refractivity contribution in [1.82, 2.24) is 5.32 Å². The maximum absolute atomic E-state index is 13.0. The molecule has 4 N–H and O–H groups in total. The minimum Gasteiger partial charge on any atom is -0.390 e. The molecule has 0 aliphatic rings. The van der Waals surface area contributed by atoms with E-state index in [1.807, 2.05) is 28.1 Å². The van der Waals surface area contributed by atoms with E-state index in [1.54, 1.807) is 0 Å². The van der Waals surface area contributed by atoms with Crippen molar-refractivity contribution >= 4 is 13.7 Å². The summed E-state index contributed by atoms with van der Waals surface area (Å²) >= 11 is 0. The number of aliphatic hydroxyl groups is 2. The summed E-state index contributed by atoms with van der Waals surface area (Å²) in [5.74, 6) is -0.278. The summed E-state index contributed by atoms with van der Waals surface area (Å²) in [6, 6.07) is -1.06. The molecular formula is C55H102N2O7P+. The molecule has 10 heteroatoms. The number of rotatable bonds is 47. The van der Waals surface area contributed by atoms with Crippen LogP contribution in [0, 0.1) is 0 Å². The van der Waals surface area contributed by atoms with Crippen molar-refractivity contribution in [3.05, 3.63) is 72.9 Å². The fraction of sp³-hybridized carbons (Fsp3) is 0.764. The average Bonchev–Trinajstić information content (AvgIpc) is 3.26. The van der Waals surface area contributed by atoms with Gasteiger partial charge in [0.25, 0.3) is 0 Å². The molecule has 0 spiro atoms. The number of hydrogen-bond acceptors (Lipinski definition) is 6. The molecule has 0 aliphatic carbocycles. The highest BCUT2D eigenvalue weighted by Gasteiger charge is 2.31. The Balaban J connectivity index is 4.23. The number of phosphoric acid groups is 1. The molecule has 0 aliphatic heterocycles. The van der Waals surface area contributed by atoms with Crippen LogP contribution in [-0.2, 0) is 18.4 Å². The molecule has 0 saturated carbocycles. The monoisotopic (exact) mass is 934 g/mol. The van der Waals surface area contributed by atoms with Gasteiger partial charge in [-0.1, -0.05) is 183 Å². The number of carbonyl (C=O) groups is 1. The maximum Gasteiger partial charge on any atom is 0.472 e. The second kappa shape index (κ2) is 45.7.